The van der Waals surface area contributed by atoms with Crippen LogP contribution in [-0.4, -0.2) is 63.9 Å². The summed E-state index contributed by atoms with van der Waals surface area (Å²) in [5, 5.41) is 25.2. The van der Waals surface area contributed by atoms with Gasteiger partial charge in [0, 0.05) is 12.6 Å². The molecular formula is C26H43N3O6. The van der Waals surface area contributed by atoms with Crippen molar-refractivity contribution in [3.63, 3.8) is 0 Å². The van der Waals surface area contributed by atoms with E-state index in [-0.39, 0.29) is 30.9 Å². The van der Waals surface area contributed by atoms with Crippen molar-refractivity contribution >= 4 is 17.9 Å². The maximum Gasteiger partial charge on any atom is 0.408 e. The van der Waals surface area contributed by atoms with Gasteiger partial charge >= 0.3 is 6.09 Å². The predicted molar refractivity (Wildman–Crippen MR) is 135 cm³/mol. The maximum absolute atomic E-state index is 13.8. The summed E-state index contributed by atoms with van der Waals surface area (Å²) in [6.45, 7) is 12.3. The smallest absolute Gasteiger partial charge is 0.408 e. The lowest BCUT2D eigenvalue weighted by Gasteiger charge is -2.36. The van der Waals surface area contributed by atoms with Crippen LogP contribution in [0.15, 0.2) is 24.3 Å². The summed E-state index contributed by atoms with van der Waals surface area (Å²) in [4.78, 5) is 41.1. The summed E-state index contributed by atoms with van der Waals surface area (Å²) in [5.41, 5.74) is -0.270. The standard InChI is InChI=1S/C26H43N3O6/c1-8-10-18(4)27-23(32)22(19-11-13-20(31)14-12-19)29(15-16-30)24(33)21(17(3)9-2)28-25(34)35-26(5,6)7/h11-14,17-18,21-22,30-31H,8-10,15-16H2,1-7H3,(H,27,32)(H,28,34). The van der Waals surface area contributed by atoms with E-state index in [9.17, 15) is 24.6 Å². The molecule has 0 fully saturated rings. The van der Waals surface area contributed by atoms with Crippen LogP contribution >= 0.6 is 0 Å². The number of carbonyl (C=O) groups excluding carboxylic acids is 3. The van der Waals surface area contributed by atoms with Crippen LogP contribution in [0.2, 0.25) is 0 Å². The van der Waals surface area contributed by atoms with Crippen molar-refractivity contribution in [3.8, 4) is 5.75 Å². The number of phenolic OH excluding ortho intramolecular Hbond substituents is 1. The molecule has 1 rings (SSSR count). The van der Waals surface area contributed by atoms with E-state index in [4.69, 9.17) is 4.74 Å². The number of aliphatic hydroxyl groups excluding tert-OH is 1. The van der Waals surface area contributed by atoms with Crippen molar-refractivity contribution in [3.05, 3.63) is 29.8 Å². The molecule has 0 aliphatic rings. The van der Waals surface area contributed by atoms with E-state index in [1.54, 1.807) is 32.9 Å². The first-order chi connectivity index (χ1) is 16.3. The van der Waals surface area contributed by atoms with Crippen LogP contribution in [0.3, 0.4) is 0 Å². The Labute approximate surface area is 209 Å². The van der Waals surface area contributed by atoms with Gasteiger partial charge in [-0.2, -0.15) is 0 Å². The Morgan fingerprint density at radius 1 is 1.06 bits per heavy atom. The zero-order valence-electron chi connectivity index (χ0n) is 22.1. The summed E-state index contributed by atoms with van der Waals surface area (Å²) in [7, 11) is 0. The molecule has 0 bridgehead atoms. The summed E-state index contributed by atoms with van der Waals surface area (Å²) >= 11 is 0. The highest BCUT2D eigenvalue weighted by Gasteiger charge is 2.38. The molecule has 35 heavy (non-hydrogen) atoms. The number of nitrogens with one attached hydrogen (secondary N) is 2. The van der Waals surface area contributed by atoms with E-state index < -0.39 is 35.6 Å². The van der Waals surface area contributed by atoms with E-state index in [0.717, 1.165) is 12.8 Å². The third kappa shape index (κ3) is 9.76. The summed E-state index contributed by atoms with van der Waals surface area (Å²) in [5.74, 6) is -1.15. The van der Waals surface area contributed by atoms with Crippen molar-refractivity contribution < 1.29 is 29.3 Å². The van der Waals surface area contributed by atoms with Crippen molar-refractivity contribution in [2.75, 3.05) is 13.2 Å². The van der Waals surface area contributed by atoms with Crippen molar-refractivity contribution in [2.24, 2.45) is 5.92 Å². The molecule has 0 heterocycles. The Bertz CT molecular complexity index is 821. The predicted octanol–water partition coefficient (Wildman–Crippen LogP) is 3.50. The molecule has 0 saturated carbocycles. The molecule has 0 aromatic heterocycles. The Morgan fingerprint density at radius 2 is 1.66 bits per heavy atom. The van der Waals surface area contributed by atoms with Gasteiger partial charge in [-0.25, -0.2) is 4.79 Å². The number of phenols is 1. The molecule has 0 saturated heterocycles. The number of aromatic hydroxyl groups is 1. The fourth-order valence-corrected chi connectivity index (χ4v) is 3.73. The van der Waals surface area contributed by atoms with Crippen molar-refractivity contribution in [2.45, 2.75) is 91.5 Å². The molecule has 0 aliphatic heterocycles. The highest BCUT2D eigenvalue weighted by Crippen LogP contribution is 2.26. The molecule has 3 amide bonds. The third-order valence-electron chi connectivity index (χ3n) is 5.65. The Hall–Kier alpha value is -2.81. The topological polar surface area (TPSA) is 128 Å². The second-order valence-corrected chi connectivity index (χ2v) is 9.96. The number of alkyl carbamates (subject to hydrolysis) is 1. The van der Waals surface area contributed by atoms with Gasteiger partial charge in [0.2, 0.25) is 11.8 Å². The number of nitrogens with zero attached hydrogens (tertiary/aromatic N) is 1. The normalized spacial score (nSPS) is 14.9. The monoisotopic (exact) mass is 493 g/mol. The van der Waals surface area contributed by atoms with Crippen LogP contribution in [0.25, 0.3) is 0 Å². The average Bonchev–Trinajstić information content (AvgIpc) is 2.76. The molecule has 4 atom stereocenters. The number of rotatable bonds is 12. The maximum atomic E-state index is 13.8. The minimum atomic E-state index is -1.07. The minimum absolute atomic E-state index is 0.0244. The van der Waals surface area contributed by atoms with Crippen LogP contribution in [0.1, 0.15) is 79.3 Å². The van der Waals surface area contributed by atoms with Gasteiger partial charge in [0.25, 0.3) is 0 Å². The molecule has 4 N–H and O–H groups in total. The number of aliphatic hydroxyl groups is 1. The van der Waals surface area contributed by atoms with Crippen LogP contribution in [0.4, 0.5) is 4.79 Å². The van der Waals surface area contributed by atoms with Crippen LogP contribution < -0.4 is 10.6 Å². The second-order valence-electron chi connectivity index (χ2n) is 9.96. The number of carbonyl (C=O) groups is 3. The molecule has 1 aromatic carbocycles. The lowest BCUT2D eigenvalue weighted by Crippen LogP contribution is -2.56. The number of hydrogen-bond donors (Lipinski definition) is 4. The second kappa shape index (κ2) is 13.9. The van der Waals surface area contributed by atoms with Crippen molar-refractivity contribution in [1.29, 1.82) is 0 Å². The van der Waals surface area contributed by atoms with Gasteiger partial charge in [-0.15, -0.1) is 0 Å². The SMILES string of the molecule is CCCC(C)NC(=O)C(c1ccc(O)cc1)N(CCO)C(=O)C(NC(=O)OC(C)(C)C)C(C)CC. The number of ether oxygens (including phenoxy) is 1. The fourth-order valence-electron chi connectivity index (χ4n) is 3.73. The molecule has 9 nitrogen and oxygen atoms in total. The van der Waals surface area contributed by atoms with Crippen LogP contribution in [0, 0.1) is 5.92 Å². The first-order valence-electron chi connectivity index (χ1n) is 12.3. The van der Waals surface area contributed by atoms with Crippen LogP contribution in [-0.2, 0) is 14.3 Å². The van der Waals surface area contributed by atoms with Gasteiger partial charge in [0.15, 0.2) is 0 Å². The van der Waals surface area contributed by atoms with E-state index in [0.29, 0.717) is 12.0 Å². The average molecular weight is 494 g/mol. The number of hydrogen-bond acceptors (Lipinski definition) is 6. The molecule has 4 unspecified atom stereocenters. The zero-order valence-corrected chi connectivity index (χ0v) is 22.1. The molecular weight excluding hydrogens is 450 g/mol. The Kier molecular flexibility index (Phi) is 12.0. The zero-order chi connectivity index (χ0) is 26.8. The highest BCUT2D eigenvalue weighted by atomic mass is 16.6. The van der Waals surface area contributed by atoms with Gasteiger partial charge < -0.3 is 30.5 Å². The van der Waals surface area contributed by atoms with Gasteiger partial charge in [-0.05, 0) is 57.7 Å². The largest absolute Gasteiger partial charge is 0.508 e. The van der Waals surface area contributed by atoms with E-state index in [1.807, 2.05) is 27.7 Å². The van der Waals surface area contributed by atoms with E-state index in [1.165, 1.54) is 17.0 Å². The van der Waals surface area contributed by atoms with Crippen molar-refractivity contribution in [1.82, 2.24) is 15.5 Å². The summed E-state index contributed by atoms with van der Waals surface area (Å²) < 4.78 is 5.36. The molecule has 0 aliphatic carbocycles. The third-order valence-corrected chi connectivity index (χ3v) is 5.65. The fraction of sp³-hybridized carbons (Fsp3) is 0.654. The lowest BCUT2D eigenvalue weighted by molar-refractivity contribution is -0.144. The van der Waals surface area contributed by atoms with Gasteiger partial charge in [0.1, 0.15) is 23.4 Å². The molecule has 0 spiro atoms. The van der Waals surface area contributed by atoms with E-state index >= 15 is 0 Å². The first-order valence-corrected chi connectivity index (χ1v) is 12.3. The number of benzene rings is 1. The molecule has 1 aromatic rings. The molecule has 9 heteroatoms. The number of amides is 3. The van der Waals surface area contributed by atoms with Gasteiger partial charge in [-0.1, -0.05) is 45.7 Å². The first kappa shape index (κ1) is 30.2. The lowest BCUT2D eigenvalue weighted by atomic mass is 9.95. The van der Waals surface area contributed by atoms with Gasteiger partial charge in [0.05, 0.1) is 6.61 Å². The van der Waals surface area contributed by atoms with Gasteiger partial charge in [-0.3, -0.25) is 9.59 Å². The summed E-state index contributed by atoms with van der Waals surface area (Å²) in [6.07, 6.45) is 1.49. The quantitative estimate of drug-likeness (QED) is 0.353. The molecule has 0 radical (unpaired) electrons. The Balaban J connectivity index is 3.43. The van der Waals surface area contributed by atoms with Crippen LogP contribution in [0.5, 0.6) is 5.75 Å². The highest BCUT2D eigenvalue weighted by molar-refractivity contribution is 5.92. The minimum Gasteiger partial charge on any atom is -0.508 e. The summed E-state index contributed by atoms with van der Waals surface area (Å²) in [6, 6.07) is 3.87. The van der Waals surface area contributed by atoms with E-state index in [2.05, 4.69) is 10.6 Å². The Morgan fingerprint density at radius 3 is 2.14 bits per heavy atom. The molecule has 198 valence electrons.